The van der Waals surface area contributed by atoms with Gasteiger partial charge in [0.25, 0.3) is 0 Å². The SMILES string of the molecule is COc1ccc(S(=O)(=O)N2CCC(C(=O)Nc3cc(Cl)c(Cl)cc3Cl)CC2)cc1C. The number of benzene rings is 2. The third kappa shape index (κ3) is 4.86. The number of sulfonamides is 1. The van der Waals surface area contributed by atoms with Gasteiger partial charge in [0.05, 0.1) is 32.8 Å². The molecule has 1 fully saturated rings. The number of anilines is 1. The number of rotatable bonds is 5. The quantitative estimate of drug-likeness (QED) is 0.597. The standard InChI is InChI=1S/C20H21Cl3N2O4S/c1-12-9-14(3-4-19(12)29-2)30(27,28)25-7-5-13(6-8-25)20(26)24-18-11-16(22)15(21)10-17(18)23/h3-4,9-11,13H,5-8H2,1-2H3,(H,24,26). The van der Waals surface area contributed by atoms with Crippen LogP contribution < -0.4 is 10.1 Å². The Kier molecular flexibility index (Phi) is 7.20. The molecule has 0 unspecified atom stereocenters. The highest BCUT2D eigenvalue weighted by molar-refractivity contribution is 7.89. The van der Waals surface area contributed by atoms with E-state index in [-0.39, 0.29) is 39.9 Å². The van der Waals surface area contributed by atoms with Crippen molar-refractivity contribution in [2.24, 2.45) is 5.92 Å². The lowest BCUT2D eigenvalue weighted by Crippen LogP contribution is -2.41. The number of piperidine rings is 1. The molecule has 0 bridgehead atoms. The summed E-state index contributed by atoms with van der Waals surface area (Å²) in [6, 6.07) is 7.73. The van der Waals surface area contributed by atoms with Crippen molar-refractivity contribution in [2.75, 3.05) is 25.5 Å². The van der Waals surface area contributed by atoms with Gasteiger partial charge < -0.3 is 10.1 Å². The number of hydrogen-bond acceptors (Lipinski definition) is 4. The smallest absolute Gasteiger partial charge is 0.243 e. The second-order valence-corrected chi connectivity index (χ2v) is 10.2. The van der Waals surface area contributed by atoms with Gasteiger partial charge in [-0.3, -0.25) is 4.79 Å². The van der Waals surface area contributed by atoms with Gasteiger partial charge in [-0.2, -0.15) is 4.31 Å². The Morgan fingerprint density at radius 2 is 1.70 bits per heavy atom. The first kappa shape index (κ1) is 23.2. The van der Waals surface area contributed by atoms with Crippen molar-refractivity contribution in [1.29, 1.82) is 0 Å². The maximum atomic E-state index is 13.0. The average molecular weight is 492 g/mol. The first-order valence-electron chi connectivity index (χ1n) is 9.23. The molecule has 162 valence electrons. The Bertz CT molecular complexity index is 1070. The van der Waals surface area contributed by atoms with E-state index in [1.807, 2.05) is 0 Å². The molecule has 1 aliphatic rings. The van der Waals surface area contributed by atoms with Crippen LogP contribution in [0, 0.1) is 12.8 Å². The minimum absolute atomic E-state index is 0.214. The van der Waals surface area contributed by atoms with Crippen LogP contribution in [-0.4, -0.2) is 38.8 Å². The molecule has 10 heteroatoms. The van der Waals surface area contributed by atoms with E-state index in [9.17, 15) is 13.2 Å². The van der Waals surface area contributed by atoms with Crippen molar-refractivity contribution in [3.8, 4) is 5.75 Å². The molecule has 1 saturated heterocycles. The normalized spacial score (nSPS) is 15.8. The van der Waals surface area contributed by atoms with Crippen molar-refractivity contribution in [2.45, 2.75) is 24.7 Å². The molecule has 3 rings (SSSR count). The monoisotopic (exact) mass is 490 g/mol. The summed E-state index contributed by atoms with van der Waals surface area (Å²) in [5.74, 6) is 0.0671. The van der Waals surface area contributed by atoms with Crippen molar-refractivity contribution in [3.63, 3.8) is 0 Å². The van der Waals surface area contributed by atoms with Gasteiger partial charge >= 0.3 is 0 Å². The lowest BCUT2D eigenvalue weighted by atomic mass is 9.97. The molecule has 1 amide bonds. The van der Waals surface area contributed by atoms with E-state index in [4.69, 9.17) is 39.5 Å². The highest BCUT2D eigenvalue weighted by Gasteiger charge is 2.32. The fourth-order valence-electron chi connectivity index (χ4n) is 3.37. The summed E-state index contributed by atoms with van der Waals surface area (Å²) in [7, 11) is -2.10. The van der Waals surface area contributed by atoms with Gasteiger partial charge in [0, 0.05) is 19.0 Å². The Hall–Kier alpha value is -1.51. The predicted molar refractivity (Wildman–Crippen MR) is 119 cm³/mol. The van der Waals surface area contributed by atoms with E-state index in [0.29, 0.717) is 29.3 Å². The second-order valence-electron chi connectivity index (χ2n) is 7.05. The molecule has 1 heterocycles. The Labute approximate surface area is 191 Å². The Morgan fingerprint density at radius 3 is 2.30 bits per heavy atom. The molecule has 0 radical (unpaired) electrons. The molecule has 6 nitrogen and oxygen atoms in total. The van der Waals surface area contributed by atoms with Gasteiger partial charge in [-0.25, -0.2) is 8.42 Å². The van der Waals surface area contributed by atoms with Gasteiger partial charge in [0.1, 0.15) is 5.75 Å². The highest BCUT2D eigenvalue weighted by atomic mass is 35.5. The molecular weight excluding hydrogens is 471 g/mol. The largest absolute Gasteiger partial charge is 0.496 e. The van der Waals surface area contributed by atoms with E-state index >= 15 is 0 Å². The summed E-state index contributed by atoms with van der Waals surface area (Å²) >= 11 is 18.0. The van der Waals surface area contributed by atoms with Crippen molar-refractivity contribution < 1.29 is 17.9 Å². The molecule has 0 spiro atoms. The van der Waals surface area contributed by atoms with Crippen LogP contribution in [0.3, 0.4) is 0 Å². The number of hydrogen-bond donors (Lipinski definition) is 1. The van der Waals surface area contributed by atoms with E-state index in [1.54, 1.807) is 19.1 Å². The zero-order valence-electron chi connectivity index (χ0n) is 16.4. The number of carbonyl (C=O) groups excluding carboxylic acids is 1. The van der Waals surface area contributed by atoms with Crippen molar-refractivity contribution in [1.82, 2.24) is 4.31 Å². The summed E-state index contributed by atoms with van der Waals surface area (Å²) < 4.78 is 32.5. The molecule has 2 aromatic carbocycles. The number of amides is 1. The number of ether oxygens (including phenoxy) is 1. The van der Waals surface area contributed by atoms with Crippen LogP contribution in [-0.2, 0) is 14.8 Å². The van der Waals surface area contributed by atoms with Gasteiger partial charge in [-0.1, -0.05) is 34.8 Å². The number of nitrogens with zero attached hydrogens (tertiary/aromatic N) is 1. The fraction of sp³-hybridized carbons (Fsp3) is 0.350. The molecular formula is C20H21Cl3N2O4S. The minimum atomic E-state index is -3.64. The number of carbonyl (C=O) groups is 1. The lowest BCUT2D eigenvalue weighted by Gasteiger charge is -2.30. The summed E-state index contributed by atoms with van der Waals surface area (Å²) in [6.07, 6.45) is 0.804. The predicted octanol–water partition coefficient (Wildman–Crippen LogP) is 5.00. The first-order valence-corrected chi connectivity index (χ1v) is 11.8. The fourth-order valence-corrected chi connectivity index (χ4v) is 5.52. The average Bonchev–Trinajstić information content (AvgIpc) is 2.72. The summed E-state index contributed by atoms with van der Waals surface area (Å²) in [5, 5.41) is 3.62. The summed E-state index contributed by atoms with van der Waals surface area (Å²) in [6.45, 7) is 2.30. The maximum Gasteiger partial charge on any atom is 0.243 e. The number of methoxy groups -OCH3 is 1. The molecule has 0 atom stereocenters. The van der Waals surface area contributed by atoms with Gasteiger partial charge in [0.15, 0.2) is 0 Å². The molecule has 2 aromatic rings. The van der Waals surface area contributed by atoms with Crippen LogP contribution in [0.2, 0.25) is 15.1 Å². The molecule has 1 N–H and O–H groups in total. The van der Waals surface area contributed by atoms with E-state index in [1.165, 1.54) is 29.6 Å². The van der Waals surface area contributed by atoms with Crippen LogP contribution in [0.5, 0.6) is 5.75 Å². The number of nitrogens with one attached hydrogen (secondary N) is 1. The molecule has 0 saturated carbocycles. The summed E-state index contributed by atoms with van der Waals surface area (Å²) in [5.41, 5.74) is 1.12. The van der Waals surface area contributed by atoms with E-state index in [0.717, 1.165) is 5.56 Å². The highest BCUT2D eigenvalue weighted by Crippen LogP contribution is 2.33. The van der Waals surface area contributed by atoms with Crippen molar-refractivity contribution >= 4 is 56.4 Å². The van der Waals surface area contributed by atoms with Gasteiger partial charge in [-0.15, -0.1) is 0 Å². The lowest BCUT2D eigenvalue weighted by molar-refractivity contribution is -0.120. The van der Waals surface area contributed by atoms with Crippen LogP contribution in [0.15, 0.2) is 35.2 Å². The Morgan fingerprint density at radius 1 is 1.07 bits per heavy atom. The van der Waals surface area contributed by atoms with Crippen molar-refractivity contribution in [3.05, 3.63) is 51.0 Å². The summed E-state index contributed by atoms with van der Waals surface area (Å²) in [4.78, 5) is 12.8. The molecule has 0 aromatic heterocycles. The topological polar surface area (TPSA) is 75.7 Å². The van der Waals surface area contributed by atoms with Crippen LogP contribution in [0.25, 0.3) is 0 Å². The number of aryl methyl sites for hydroxylation is 1. The number of halogens is 3. The zero-order valence-corrected chi connectivity index (χ0v) is 19.5. The minimum Gasteiger partial charge on any atom is -0.496 e. The second kappa shape index (κ2) is 9.32. The van der Waals surface area contributed by atoms with Crippen LogP contribution in [0.4, 0.5) is 5.69 Å². The van der Waals surface area contributed by atoms with E-state index in [2.05, 4.69) is 5.32 Å². The molecule has 0 aliphatic carbocycles. The van der Waals surface area contributed by atoms with Crippen LogP contribution >= 0.6 is 34.8 Å². The third-order valence-electron chi connectivity index (χ3n) is 5.10. The van der Waals surface area contributed by atoms with Gasteiger partial charge in [-0.05, 0) is 55.7 Å². The molecule has 30 heavy (non-hydrogen) atoms. The van der Waals surface area contributed by atoms with E-state index < -0.39 is 10.0 Å². The van der Waals surface area contributed by atoms with Crippen LogP contribution in [0.1, 0.15) is 18.4 Å². The third-order valence-corrected chi connectivity index (χ3v) is 8.03. The Balaban J connectivity index is 1.66. The first-order chi connectivity index (χ1) is 14.1. The van der Waals surface area contributed by atoms with Gasteiger partial charge in [0.2, 0.25) is 15.9 Å². The zero-order chi connectivity index (χ0) is 22.1. The molecule has 1 aliphatic heterocycles. The maximum absolute atomic E-state index is 13.0.